The van der Waals surface area contributed by atoms with Crippen molar-refractivity contribution in [2.45, 2.75) is 12.8 Å². The average Bonchev–Trinajstić information content (AvgIpc) is 2.88. The van der Waals surface area contributed by atoms with Gasteiger partial charge in [-0.1, -0.05) is 0 Å². The minimum Gasteiger partial charge on any atom is -0.475 e. The lowest BCUT2D eigenvalue weighted by Gasteiger charge is -1.97. The van der Waals surface area contributed by atoms with Crippen LogP contribution in [0, 0.1) is 0 Å². The van der Waals surface area contributed by atoms with E-state index in [2.05, 4.69) is 4.98 Å². The van der Waals surface area contributed by atoms with Crippen LogP contribution in [0.4, 0.5) is 0 Å². The van der Waals surface area contributed by atoms with E-state index in [1.54, 1.807) is 18.5 Å². The number of hydrogen-bond acceptors (Lipinski definition) is 5. The molecule has 20 heavy (non-hydrogen) atoms. The van der Waals surface area contributed by atoms with E-state index in [1.165, 1.54) is 11.3 Å². The van der Waals surface area contributed by atoms with E-state index in [1.807, 2.05) is 17.5 Å². The molecule has 5 nitrogen and oxygen atoms in total. The largest absolute Gasteiger partial charge is 0.475 e. The molecule has 6 heteroatoms. The lowest BCUT2D eigenvalue weighted by atomic mass is 10.1. The topological polar surface area (TPSA) is 84.3 Å². The SMILES string of the molecule is O=C(O)C(=O)CC(=O)c1cc(Cc2ccncc2)cs1. The minimum atomic E-state index is -1.58. The van der Waals surface area contributed by atoms with Crippen LogP contribution in [0.5, 0.6) is 0 Å². The highest BCUT2D eigenvalue weighted by molar-refractivity contribution is 7.12. The molecule has 0 aliphatic heterocycles. The molecule has 0 saturated heterocycles. The standard InChI is InChI=1S/C14H11NO4S/c16-11(7-12(17)14(18)19)13-6-10(8-20-13)5-9-1-3-15-4-2-9/h1-4,6,8H,5,7H2,(H,18,19). The molecule has 2 aromatic heterocycles. The van der Waals surface area contributed by atoms with E-state index >= 15 is 0 Å². The first-order chi connectivity index (χ1) is 9.56. The van der Waals surface area contributed by atoms with Crippen LogP contribution in [0.15, 0.2) is 36.0 Å². The zero-order chi connectivity index (χ0) is 14.5. The monoisotopic (exact) mass is 289 g/mol. The number of thiophene rings is 1. The Balaban J connectivity index is 2.04. The second-order valence-electron chi connectivity index (χ2n) is 4.18. The van der Waals surface area contributed by atoms with Gasteiger partial charge in [-0.3, -0.25) is 14.6 Å². The number of carbonyl (C=O) groups is 3. The molecule has 2 rings (SSSR count). The van der Waals surface area contributed by atoms with Crippen LogP contribution in [-0.4, -0.2) is 27.6 Å². The van der Waals surface area contributed by atoms with Crippen LogP contribution in [0.2, 0.25) is 0 Å². The van der Waals surface area contributed by atoms with Crippen LogP contribution in [0.25, 0.3) is 0 Å². The second-order valence-corrected chi connectivity index (χ2v) is 5.09. The predicted octanol–water partition coefficient (Wildman–Crippen LogP) is 1.96. The van der Waals surface area contributed by atoms with Crippen molar-refractivity contribution >= 4 is 28.9 Å². The van der Waals surface area contributed by atoms with Gasteiger partial charge in [-0.15, -0.1) is 11.3 Å². The molecule has 0 amide bonds. The van der Waals surface area contributed by atoms with Crippen molar-refractivity contribution in [3.8, 4) is 0 Å². The highest BCUT2D eigenvalue weighted by Gasteiger charge is 2.19. The normalized spacial score (nSPS) is 10.2. The molecule has 0 aliphatic rings. The molecule has 102 valence electrons. The van der Waals surface area contributed by atoms with Crippen LogP contribution in [-0.2, 0) is 16.0 Å². The van der Waals surface area contributed by atoms with E-state index in [9.17, 15) is 14.4 Å². The third-order valence-electron chi connectivity index (χ3n) is 2.65. The first-order valence-corrected chi connectivity index (χ1v) is 6.70. The van der Waals surface area contributed by atoms with Gasteiger partial charge in [0.15, 0.2) is 5.78 Å². The highest BCUT2D eigenvalue weighted by atomic mass is 32.1. The molecule has 0 unspecified atom stereocenters. The minimum absolute atomic E-state index is 0.406. The maximum Gasteiger partial charge on any atom is 0.372 e. The van der Waals surface area contributed by atoms with Crippen LogP contribution in [0.3, 0.4) is 0 Å². The van der Waals surface area contributed by atoms with Gasteiger partial charge in [0.1, 0.15) is 0 Å². The van der Waals surface area contributed by atoms with Crippen molar-refractivity contribution in [1.82, 2.24) is 4.98 Å². The van der Waals surface area contributed by atoms with Gasteiger partial charge in [0.05, 0.1) is 11.3 Å². The Bertz CT molecular complexity index is 648. The van der Waals surface area contributed by atoms with E-state index in [-0.39, 0.29) is 0 Å². The molecule has 1 N–H and O–H groups in total. The molecule has 0 atom stereocenters. The summed E-state index contributed by atoms with van der Waals surface area (Å²) in [5, 5.41) is 10.3. The summed E-state index contributed by atoms with van der Waals surface area (Å²) in [6, 6.07) is 5.46. The maximum absolute atomic E-state index is 11.7. The first kappa shape index (κ1) is 14.1. The quantitative estimate of drug-likeness (QED) is 0.499. The Labute approximate surface area is 118 Å². The second kappa shape index (κ2) is 6.21. The van der Waals surface area contributed by atoms with Crippen molar-refractivity contribution in [3.63, 3.8) is 0 Å². The smallest absolute Gasteiger partial charge is 0.372 e. The number of aromatic nitrogens is 1. The number of aliphatic carboxylic acids is 1. The van der Waals surface area contributed by atoms with E-state index < -0.39 is 24.0 Å². The molecule has 0 aliphatic carbocycles. The fourth-order valence-electron chi connectivity index (χ4n) is 1.66. The molecule has 2 aromatic rings. The van der Waals surface area contributed by atoms with Gasteiger partial charge < -0.3 is 5.11 Å². The van der Waals surface area contributed by atoms with Gasteiger partial charge >= 0.3 is 5.97 Å². The summed E-state index contributed by atoms with van der Waals surface area (Å²) in [6.45, 7) is 0. The predicted molar refractivity (Wildman–Crippen MR) is 73.0 cm³/mol. The number of ketones is 2. The van der Waals surface area contributed by atoms with Crippen LogP contribution >= 0.6 is 11.3 Å². The summed E-state index contributed by atoms with van der Waals surface area (Å²) in [4.78, 5) is 37.5. The summed E-state index contributed by atoms with van der Waals surface area (Å²) >= 11 is 1.22. The van der Waals surface area contributed by atoms with Gasteiger partial charge in [-0.2, -0.15) is 0 Å². The zero-order valence-electron chi connectivity index (χ0n) is 10.4. The molecule has 2 heterocycles. The number of rotatable bonds is 6. The van der Waals surface area contributed by atoms with Crippen molar-refractivity contribution in [3.05, 3.63) is 52.0 Å². The zero-order valence-corrected chi connectivity index (χ0v) is 11.2. The summed E-state index contributed by atoms with van der Waals surface area (Å²) in [5.74, 6) is -3.12. The number of nitrogens with zero attached hydrogens (tertiary/aromatic N) is 1. The molecule has 0 aromatic carbocycles. The first-order valence-electron chi connectivity index (χ1n) is 5.82. The Morgan fingerprint density at radius 3 is 2.50 bits per heavy atom. The number of carboxylic acid groups (broad SMARTS) is 1. The summed E-state index contributed by atoms with van der Waals surface area (Å²) in [7, 11) is 0. The number of Topliss-reactive ketones (excluding diaryl/α,β-unsaturated/α-hetero) is 2. The van der Waals surface area contributed by atoms with Crippen molar-refractivity contribution in [2.75, 3.05) is 0 Å². The third kappa shape index (κ3) is 3.58. The fourth-order valence-corrected chi connectivity index (χ4v) is 2.51. The van der Waals surface area contributed by atoms with Crippen LogP contribution in [0.1, 0.15) is 27.2 Å². The van der Waals surface area contributed by atoms with Gasteiger partial charge in [-0.05, 0) is 41.1 Å². The summed E-state index contributed by atoms with van der Waals surface area (Å²) in [6.07, 6.45) is 3.46. The van der Waals surface area contributed by atoms with Crippen LogP contribution < -0.4 is 0 Å². The maximum atomic E-state index is 11.7. The van der Waals surface area contributed by atoms with E-state index in [0.717, 1.165) is 11.1 Å². The molecular weight excluding hydrogens is 278 g/mol. The molecule has 0 radical (unpaired) electrons. The van der Waals surface area contributed by atoms with E-state index in [0.29, 0.717) is 11.3 Å². The Morgan fingerprint density at radius 1 is 1.15 bits per heavy atom. The van der Waals surface area contributed by atoms with E-state index in [4.69, 9.17) is 5.11 Å². The highest BCUT2D eigenvalue weighted by Crippen LogP contribution is 2.19. The number of carboxylic acids is 1. The van der Waals surface area contributed by atoms with Gasteiger partial charge in [0.2, 0.25) is 5.78 Å². The Kier molecular flexibility index (Phi) is 4.37. The fraction of sp³-hybridized carbons (Fsp3) is 0.143. The summed E-state index contributed by atoms with van der Waals surface area (Å²) < 4.78 is 0. The molecular formula is C14H11NO4S. The molecule has 0 saturated carbocycles. The third-order valence-corrected chi connectivity index (χ3v) is 3.67. The molecule has 0 spiro atoms. The number of pyridine rings is 1. The molecule has 0 fully saturated rings. The van der Waals surface area contributed by atoms with Gasteiger partial charge in [-0.25, -0.2) is 4.79 Å². The average molecular weight is 289 g/mol. The van der Waals surface area contributed by atoms with Gasteiger partial charge in [0.25, 0.3) is 0 Å². The van der Waals surface area contributed by atoms with Gasteiger partial charge in [0, 0.05) is 12.4 Å². The van der Waals surface area contributed by atoms with Crippen molar-refractivity contribution in [1.29, 1.82) is 0 Å². The van der Waals surface area contributed by atoms with Crippen molar-refractivity contribution in [2.24, 2.45) is 0 Å². The Hall–Kier alpha value is -2.34. The Morgan fingerprint density at radius 2 is 1.85 bits per heavy atom. The number of hydrogen-bond donors (Lipinski definition) is 1. The number of carbonyl (C=O) groups excluding carboxylic acids is 2. The molecule has 0 bridgehead atoms. The lowest BCUT2D eigenvalue weighted by molar-refractivity contribution is -0.148. The summed E-state index contributed by atoms with van der Waals surface area (Å²) in [5.41, 5.74) is 2.02. The lowest BCUT2D eigenvalue weighted by Crippen LogP contribution is -2.16. The van der Waals surface area contributed by atoms with Crippen molar-refractivity contribution < 1.29 is 19.5 Å².